The third-order valence-corrected chi connectivity index (χ3v) is 4.79. The van der Waals surface area contributed by atoms with Gasteiger partial charge in [-0.2, -0.15) is 0 Å². The smallest absolute Gasteiger partial charge is 0.273 e. The van der Waals surface area contributed by atoms with Gasteiger partial charge in [0, 0.05) is 11.4 Å². The van der Waals surface area contributed by atoms with Gasteiger partial charge in [-0.3, -0.25) is 4.57 Å². The minimum absolute atomic E-state index is 0.173. The van der Waals surface area contributed by atoms with Crippen LogP contribution in [0.3, 0.4) is 0 Å². The van der Waals surface area contributed by atoms with Gasteiger partial charge in [0.2, 0.25) is 0 Å². The van der Waals surface area contributed by atoms with Crippen molar-refractivity contribution in [3.05, 3.63) is 17.0 Å². The zero-order chi connectivity index (χ0) is 14.9. The van der Waals surface area contributed by atoms with E-state index in [4.69, 9.17) is 5.14 Å². The average molecular weight is 314 g/mol. The lowest BCUT2D eigenvalue weighted by Gasteiger charge is -2.10. The van der Waals surface area contributed by atoms with Crippen molar-refractivity contribution in [3.8, 4) is 10.7 Å². The van der Waals surface area contributed by atoms with E-state index in [9.17, 15) is 8.42 Å². The lowest BCUT2D eigenvalue weighted by molar-refractivity contribution is 0.486. The van der Waals surface area contributed by atoms with Crippen molar-refractivity contribution in [1.29, 1.82) is 0 Å². The molecule has 0 radical (unpaired) electrons. The molecule has 0 saturated heterocycles. The molecular weight excluding hydrogens is 296 g/mol. The van der Waals surface area contributed by atoms with Crippen LogP contribution in [0.25, 0.3) is 10.7 Å². The third-order valence-electron chi connectivity index (χ3n) is 2.75. The molecule has 0 unspecified atom stereocenters. The summed E-state index contributed by atoms with van der Waals surface area (Å²) >= 11 is 1.59. The minimum atomic E-state index is -3.87. The van der Waals surface area contributed by atoms with Gasteiger partial charge in [0.1, 0.15) is 0 Å². The number of hydrogen-bond donors (Lipinski definition) is 1. The maximum absolute atomic E-state index is 11.6. The molecule has 0 spiro atoms. The Bertz CT molecular complexity index is 701. The third kappa shape index (κ3) is 3.08. The Morgan fingerprint density at radius 3 is 2.55 bits per heavy atom. The van der Waals surface area contributed by atoms with E-state index in [0.717, 1.165) is 11.3 Å². The molecule has 0 aliphatic carbocycles. The number of aryl methyl sites for hydroxylation is 1. The summed E-state index contributed by atoms with van der Waals surface area (Å²) in [6, 6.07) is 3.96. The number of rotatable bonds is 5. The number of primary sulfonamides is 1. The molecule has 6 nitrogen and oxygen atoms in total. The molecule has 0 fully saturated rings. The lowest BCUT2D eigenvalue weighted by Crippen LogP contribution is -2.20. The van der Waals surface area contributed by atoms with Crippen molar-refractivity contribution in [2.75, 3.05) is 0 Å². The second kappa shape index (κ2) is 5.63. The van der Waals surface area contributed by atoms with Crippen molar-refractivity contribution in [2.24, 2.45) is 11.1 Å². The SMILES string of the molecule is CCc1ccc(-c2nnc(S(N)(=O)=O)n2CC(C)C)s1. The summed E-state index contributed by atoms with van der Waals surface area (Å²) in [6.07, 6.45) is 0.936. The standard InChI is InChI=1S/C12H18N4O2S2/c1-4-9-5-6-10(19-9)11-14-15-12(20(13,17)18)16(11)7-8(2)3/h5-6,8H,4,7H2,1-3H3,(H2,13,17,18). The number of aromatic nitrogens is 3. The molecule has 2 rings (SSSR count). The second-order valence-electron chi connectivity index (χ2n) is 4.98. The fourth-order valence-corrected chi connectivity index (χ4v) is 3.46. The van der Waals surface area contributed by atoms with E-state index in [0.29, 0.717) is 12.4 Å². The van der Waals surface area contributed by atoms with Gasteiger partial charge in [0.05, 0.1) is 4.88 Å². The van der Waals surface area contributed by atoms with Crippen molar-refractivity contribution in [1.82, 2.24) is 14.8 Å². The van der Waals surface area contributed by atoms with Crippen LogP contribution >= 0.6 is 11.3 Å². The molecule has 0 atom stereocenters. The molecule has 0 aliphatic heterocycles. The average Bonchev–Trinajstić information content (AvgIpc) is 2.92. The van der Waals surface area contributed by atoms with E-state index >= 15 is 0 Å². The van der Waals surface area contributed by atoms with E-state index in [1.54, 1.807) is 15.9 Å². The van der Waals surface area contributed by atoms with Crippen LogP contribution in [-0.2, 0) is 23.0 Å². The Balaban J connectivity index is 2.55. The molecule has 20 heavy (non-hydrogen) atoms. The Kier molecular flexibility index (Phi) is 4.26. The molecule has 2 N–H and O–H groups in total. The fraction of sp³-hybridized carbons (Fsp3) is 0.500. The molecule has 0 amide bonds. The fourth-order valence-electron chi connectivity index (χ4n) is 1.90. The van der Waals surface area contributed by atoms with E-state index < -0.39 is 10.0 Å². The molecule has 2 aromatic heterocycles. The van der Waals surface area contributed by atoms with Gasteiger partial charge in [-0.05, 0) is 24.5 Å². The topological polar surface area (TPSA) is 90.9 Å². The van der Waals surface area contributed by atoms with Gasteiger partial charge in [-0.25, -0.2) is 13.6 Å². The van der Waals surface area contributed by atoms with Crippen molar-refractivity contribution in [3.63, 3.8) is 0 Å². The maximum atomic E-state index is 11.6. The van der Waals surface area contributed by atoms with E-state index in [2.05, 4.69) is 17.1 Å². The Morgan fingerprint density at radius 1 is 1.35 bits per heavy atom. The van der Waals surface area contributed by atoms with E-state index in [1.807, 2.05) is 26.0 Å². The molecule has 2 aromatic rings. The summed E-state index contributed by atoms with van der Waals surface area (Å²) in [5.74, 6) is 0.822. The highest BCUT2D eigenvalue weighted by Crippen LogP contribution is 2.28. The summed E-state index contributed by atoms with van der Waals surface area (Å²) in [5, 5.41) is 12.8. The van der Waals surface area contributed by atoms with Gasteiger partial charge >= 0.3 is 0 Å². The highest BCUT2D eigenvalue weighted by atomic mass is 32.2. The van der Waals surface area contributed by atoms with E-state index in [1.165, 1.54) is 4.88 Å². The summed E-state index contributed by atoms with van der Waals surface area (Å²) in [4.78, 5) is 2.13. The van der Waals surface area contributed by atoms with Crippen LogP contribution in [-0.4, -0.2) is 23.2 Å². The Labute approximate surface area is 122 Å². The lowest BCUT2D eigenvalue weighted by atomic mass is 10.2. The van der Waals surface area contributed by atoms with Crippen molar-refractivity contribution < 1.29 is 8.42 Å². The van der Waals surface area contributed by atoms with Crippen LogP contribution in [0.1, 0.15) is 25.6 Å². The van der Waals surface area contributed by atoms with Crippen LogP contribution < -0.4 is 5.14 Å². The highest BCUT2D eigenvalue weighted by Gasteiger charge is 2.23. The molecule has 0 aromatic carbocycles. The molecule has 0 aliphatic rings. The predicted octanol–water partition coefficient (Wildman–Crippen LogP) is 1.87. The first kappa shape index (κ1) is 15.1. The summed E-state index contributed by atoms with van der Waals surface area (Å²) in [6.45, 7) is 6.59. The molecule has 0 bridgehead atoms. The summed E-state index contributed by atoms with van der Waals surface area (Å²) in [5.41, 5.74) is 0. The van der Waals surface area contributed by atoms with Crippen molar-refractivity contribution in [2.45, 2.75) is 38.9 Å². The zero-order valence-electron chi connectivity index (χ0n) is 11.7. The monoisotopic (exact) mass is 314 g/mol. The normalized spacial score (nSPS) is 12.2. The van der Waals surface area contributed by atoms with Gasteiger partial charge in [0.25, 0.3) is 15.2 Å². The van der Waals surface area contributed by atoms with E-state index in [-0.39, 0.29) is 11.1 Å². The Morgan fingerprint density at radius 2 is 2.05 bits per heavy atom. The van der Waals surface area contributed by atoms with Crippen molar-refractivity contribution >= 4 is 21.4 Å². The largest absolute Gasteiger partial charge is 0.296 e. The van der Waals surface area contributed by atoms with Crippen LogP contribution in [0.4, 0.5) is 0 Å². The summed E-state index contributed by atoms with van der Waals surface area (Å²) in [7, 11) is -3.87. The number of thiophene rings is 1. The number of nitrogens with zero attached hydrogens (tertiary/aromatic N) is 3. The van der Waals surface area contributed by atoms with Crippen LogP contribution in [0.2, 0.25) is 0 Å². The van der Waals surface area contributed by atoms with Crippen LogP contribution in [0.15, 0.2) is 17.3 Å². The number of hydrogen-bond acceptors (Lipinski definition) is 5. The van der Waals surface area contributed by atoms with Gasteiger partial charge in [-0.15, -0.1) is 21.5 Å². The molecule has 8 heteroatoms. The predicted molar refractivity (Wildman–Crippen MR) is 78.9 cm³/mol. The molecule has 110 valence electrons. The summed E-state index contributed by atoms with van der Waals surface area (Å²) < 4.78 is 24.8. The number of nitrogens with two attached hydrogens (primary N) is 1. The minimum Gasteiger partial charge on any atom is -0.296 e. The highest BCUT2D eigenvalue weighted by molar-refractivity contribution is 7.89. The first-order chi connectivity index (χ1) is 9.32. The number of sulfonamides is 1. The van der Waals surface area contributed by atoms with Crippen LogP contribution in [0, 0.1) is 5.92 Å². The van der Waals surface area contributed by atoms with Gasteiger partial charge < -0.3 is 0 Å². The van der Waals surface area contributed by atoms with Crippen LogP contribution in [0.5, 0.6) is 0 Å². The quantitative estimate of drug-likeness (QED) is 0.912. The first-order valence-corrected chi connectivity index (χ1v) is 8.74. The Hall–Kier alpha value is -1.25. The molecule has 2 heterocycles. The zero-order valence-corrected chi connectivity index (χ0v) is 13.3. The van der Waals surface area contributed by atoms with Gasteiger partial charge in [-0.1, -0.05) is 20.8 Å². The first-order valence-electron chi connectivity index (χ1n) is 6.38. The second-order valence-corrected chi connectivity index (χ2v) is 7.60. The molecular formula is C12H18N4O2S2. The maximum Gasteiger partial charge on any atom is 0.273 e. The van der Waals surface area contributed by atoms with Gasteiger partial charge in [0.15, 0.2) is 5.82 Å². The molecule has 0 saturated carbocycles.